The summed E-state index contributed by atoms with van der Waals surface area (Å²) in [6.07, 6.45) is 0.0850. The van der Waals surface area contributed by atoms with Gasteiger partial charge >= 0.3 is 5.97 Å². The summed E-state index contributed by atoms with van der Waals surface area (Å²) in [5.41, 5.74) is 4.22. The SMILES string of the molecule is COC(=O)Cc1ccc(N2C(=O)C(=O)/C(=C(\O)c3ccc(C)c(C)c3)C2c2cccc(OC)c2)cc1. The van der Waals surface area contributed by atoms with E-state index in [1.807, 2.05) is 19.9 Å². The monoisotopic (exact) mass is 485 g/mol. The minimum atomic E-state index is -0.881. The minimum absolute atomic E-state index is 0.00450. The molecule has 1 unspecified atom stereocenters. The lowest BCUT2D eigenvalue weighted by Crippen LogP contribution is -2.29. The predicted molar refractivity (Wildman–Crippen MR) is 136 cm³/mol. The Balaban J connectivity index is 1.87. The van der Waals surface area contributed by atoms with Crippen molar-refractivity contribution in [1.29, 1.82) is 0 Å². The summed E-state index contributed by atoms with van der Waals surface area (Å²) in [7, 11) is 2.85. The Bertz CT molecular complexity index is 1370. The molecule has 0 bridgehead atoms. The number of nitrogens with zero attached hydrogens (tertiary/aromatic N) is 1. The molecular weight excluding hydrogens is 458 g/mol. The Kier molecular flexibility index (Phi) is 6.92. The Labute approximate surface area is 209 Å². The fourth-order valence-corrected chi connectivity index (χ4v) is 4.28. The number of ketones is 1. The highest BCUT2D eigenvalue weighted by molar-refractivity contribution is 6.51. The van der Waals surface area contributed by atoms with E-state index in [2.05, 4.69) is 0 Å². The van der Waals surface area contributed by atoms with Crippen LogP contribution < -0.4 is 9.64 Å². The third-order valence-corrected chi connectivity index (χ3v) is 6.42. The normalized spacial score (nSPS) is 16.8. The van der Waals surface area contributed by atoms with Crippen LogP contribution in [0.25, 0.3) is 5.76 Å². The second-order valence-electron chi connectivity index (χ2n) is 8.66. The zero-order chi connectivity index (χ0) is 26.0. The topological polar surface area (TPSA) is 93.1 Å². The molecule has 0 aliphatic carbocycles. The summed E-state index contributed by atoms with van der Waals surface area (Å²) >= 11 is 0. The van der Waals surface area contributed by atoms with Gasteiger partial charge in [0.15, 0.2) is 0 Å². The van der Waals surface area contributed by atoms with Gasteiger partial charge in [-0.15, -0.1) is 0 Å². The Hall–Kier alpha value is -4.39. The molecule has 1 heterocycles. The van der Waals surface area contributed by atoms with Gasteiger partial charge < -0.3 is 14.6 Å². The molecule has 1 fully saturated rings. The molecule has 3 aromatic rings. The lowest BCUT2D eigenvalue weighted by atomic mass is 9.94. The average Bonchev–Trinajstić information content (AvgIpc) is 3.15. The Morgan fingerprint density at radius 2 is 1.67 bits per heavy atom. The van der Waals surface area contributed by atoms with E-state index < -0.39 is 17.7 Å². The first-order valence-corrected chi connectivity index (χ1v) is 11.4. The standard InChI is InChI=1S/C29H27NO6/c1-17-8-11-21(14-18(17)2)27(32)25-26(20-6-5-7-23(16-20)35-3)30(29(34)28(25)33)22-12-9-19(10-13-22)15-24(31)36-4/h5-14,16,26,32H,15H2,1-4H3/b27-25-. The first kappa shape index (κ1) is 24.7. The molecule has 0 saturated carbocycles. The number of hydrogen-bond donors (Lipinski definition) is 1. The molecule has 1 N–H and O–H groups in total. The molecule has 3 aromatic carbocycles. The zero-order valence-corrected chi connectivity index (χ0v) is 20.6. The number of aryl methyl sites for hydroxylation is 2. The van der Waals surface area contributed by atoms with Crippen LogP contribution in [0.2, 0.25) is 0 Å². The first-order valence-electron chi connectivity index (χ1n) is 11.4. The number of anilines is 1. The Morgan fingerprint density at radius 1 is 0.944 bits per heavy atom. The maximum absolute atomic E-state index is 13.3. The summed E-state index contributed by atoms with van der Waals surface area (Å²) in [4.78, 5) is 39.7. The lowest BCUT2D eigenvalue weighted by molar-refractivity contribution is -0.139. The van der Waals surface area contributed by atoms with Crippen molar-refractivity contribution >= 4 is 29.1 Å². The number of carbonyl (C=O) groups excluding carboxylic acids is 3. The third-order valence-electron chi connectivity index (χ3n) is 6.42. The molecular formula is C29H27NO6. The zero-order valence-electron chi connectivity index (χ0n) is 20.6. The van der Waals surface area contributed by atoms with Gasteiger partial charge in [0.1, 0.15) is 11.5 Å². The fraction of sp³-hybridized carbons (Fsp3) is 0.207. The van der Waals surface area contributed by atoms with Gasteiger partial charge in [0.25, 0.3) is 11.7 Å². The molecule has 184 valence electrons. The molecule has 7 heteroatoms. The van der Waals surface area contributed by atoms with Gasteiger partial charge in [-0.2, -0.15) is 0 Å². The van der Waals surface area contributed by atoms with Crippen LogP contribution in [-0.4, -0.2) is 37.0 Å². The van der Waals surface area contributed by atoms with Crippen LogP contribution in [-0.2, 0) is 25.5 Å². The molecule has 1 aliphatic heterocycles. The smallest absolute Gasteiger partial charge is 0.309 e. The summed E-state index contributed by atoms with van der Waals surface area (Å²) < 4.78 is 10.1. The van der Waals surface area contributed by atoms with E-state index in [1.54, 1.807) is 60.7 Å². The molecule has 7 nitrogen and oxygen atoms in total. The van der Waals surface area contributed by atoms with Gasteiger partial charge in [-0.3, -0.25) is 19.3 Å². The number of esters is 1. The number of amides is 1. The van der Waals surface area contributed by atoms with Gasteiger partial charge in [0.05, 0.1) is 32.3 Å². The number of hydrogen-bond acceptors (Lipinski definition) is 6. The number of methoxy groups -OCH3 is 2. The second-order valence-corrected chi connectivity index (χ2v) is 8.66. The van der Waals surface area contributed by atoms with Crippen LogP contribution in [0.1, 0.15) is 33.9 Å². The van der Waals surface area contributed by atoms with Crippen molar-refractivity contribution in [3.8, 4) is 5.75 Å². The van der Waals surface area contributed by atoms with E-state index in [0.29, 0.717) is 28.1 Å². The van der Waals surface area contributed by atoms with Crippen molar-refractivity contribution < 1.29 is 29.0 Å². The number of aliphatic hydroxyl groups is 1. The summed E-state index contributed by atoms with van der Waals surface area (Å²) in [6.45, 7) is 3.87. The fourth-order valence-electron chi connectivity index (χ4n) is 4.28. The van der Waals surface area contributed by atoms with Gasteiger partial charge in [-0.05, 0) is 66.4 Å². The third kappa shape index (κ3) is 4.60. The molecule has 4 rings (SSSR count). The van der Waals surface area contributed by atoms with Crippen LogP contribution in [0.15, 0.2) is 72.3 Å². The average molecular weight is 486 g/mol. The summed E-state index contributed by atoms with van der Waals surface area (Å²) in [6, 6.07) is 18.3. The van der Waals surface area contributed by atoms with Gasteiger partial charge in [0, 0.05) is 11.3 Å². The predicted octanol–water partition coefficient (Wildman–Crippen LogP) is 4.65. The molecule has 0 aromatic heterocycles. The highest BCUT2D eigenvalue weighted by Gasteiger charge is 2.47. The largest absolute Gasteiger partial charge is 0.507 e. The van der Waals surface area contributed by atoms with Crippen LogP contribution in [0.4, 0.5) is 5.69 Å². The maximum Gasteiger partial charge on any atom is 0.309 e. The van der Waals surface area contributed by atoms with E-state index in [1.165, 1.54) is 19.1 Å². The van der Waals surface area contributed by atoms with E-state index >= 15 is 0 Å². The van der Waals surface area contributed by atoms with Crippen molar-refractivity contribution in [2.24, 2.45) is 0 Å². The molecule has 1 saturated heterocycles. The van der Waals surface area contributed by atoms with Gasteiger partial charge in [0.2, 0.25) is 0 Å². The molecule has 36 heavy (non-hydrogen) atoms. The van der Waals surface area contributed by atoms with Crippen molar-refractivity contribution in [3.63, 3.8) is 0 Å². The van der Waals surface area contributed by atoms with Gasteiger partial charge in [-0.1, -0.05) is 36.4 Å². The number of rotatable bonds is 6. The number of aliphatic hydroxyl groups excluding tert-OH is 1. The van der Waals surface area contributed by atoms with Crippen molar-refractivity contribution in [2.75, 3.05) is 19.1 Å². The minimum Gasteiger partial charge on any atom is -0.507 e. The number of carbonyl (C=O) groups is 3. The number of Topliss-reactive ketones (excluding diaryl/α,β-unsaturated/α-hetero) is 1. The van der Waals surface area contributed by atoms with Gasteiger partial charge in [-0.25, -0.2) is 0 Å². The summed E-state index contributed by atoms with van der Waals surface area (Å²) in [5, 5.41) is 11.3. The highest BCUT2D eigenvalue weighted by Crippen LogP contribution is 2.43. The second kappa shape index (κ2) is 10.1. The quantitative estimate of drug-likeness (QED) is 0.236. The van der Waals surface area contributed by atoms with Crippen molar-refractivity contribution in [3.05, 3.63) is 100 Å². The number of ether oxygens (including phenoxy) is 2. The summed E-state index contributed by atoms with van der Waals surface area (Å²) in [5.74, 6) is -1.61. The molecule has 1 atom stereocenters. The van der Waals surface area contributed by atoms with Crippen molar-refractivity contribution in [2.45, 2.75) is 26.3 Å². The highest BCUT2D eigenvalue weighted by atomic mass is 16.5. The van der Waals surface area contributed by atoms with E-state index in [9.17, 15) is 19.5 Å². The first-order chi connectivity index (χ1) is 17.2. The van der Waals surface area contributed by atoms with Crippen LogP contribution in [0, 0.1) is 13.8 Å². The van der Waals surface area contributed by atoms with E-state index in [0.717, 1.165) is 11.1 Å². The molecule has 1 amide bonds. The molecule has 0 radical (unpaired) electrons. The Morgan fingerprint density at radius 3 is 2.31 bits per heavy atom. The van der Waals surface area contributed by atoms with Crippen LogP contribution in [0.5, 0.6) is 5.75 Å². The van der Waals surface area contributed by atoms with Crippen LogP contribution >= 0.6 is 0 Å². The molecule has 1 aliphatic rings. The van der Waals surface area contributed by atoms with Crippen LogP contribution in [0.3, 0.4) is 0 Å². The van der Waals surface area contributed by atoms with E-state index in [-0.39, 0.29) is 23.7 Å². The maximum atomic E-state index is 13.3. The molecule has 0 spiro atoms. The van der Waals surface area contributed by atoms with Crippen molar-refractivity contribution in [1.82, 2.24) is 0 Å². The lowest BCUT2D eigenvalue weighted by Gasteiger charge is -2.26. The van der Waals surface area contributed by atoms with E-state index in [4.69, 9.17) is 9.47 Å². The number of benzene rings is 3.